The number of anilines is 1. The quantitative estimate of drug-likeness (QED) is 0.843. The van der Waals surface area contributed by atoms with Gasteiger partial charge in [-0.15, -0.1) is 11.3 Å². The lowest BCUT2D eigenvalue weighted by Crippen LogP contribution is -1.99. The summed E-state index contributed by atoms with van der Waals surface area (Å²) in [6.45, 7) is 0. The lowest BCUT2D eigenvalue weighted by molar-refractivity contribution is 0.400. The molecule has 0 saturated heterocycles. The van der Waals surface area contributed by atoms with Crippen LogP contribution in [-0.4, -0.2) is 29.1 Å². The Morgan fingerprint density at radius 1 is 1.38 bits per heavy atom. The first-order chi connectivity index (χ1) is 7.85. The van der Waals surface area contributed by atoms with Crippen LogP contribution in [0.2, 0.25) is 0 Å². The van der Waals surface area contributed by atoms with Crippen molar-refractivity contribution in [3.05, 3.63) is 17.9 Å². The third kappa shape index (κ3) is 2.25. The number of methoxy groups -OCH3 is 1. The molecule has 0 amide bonds. The first kappa shape index (κ1) is 11.2. The van der Waals surface area contributed by atoms with Gasteiger partial charge in [0, 0.05) is 18.6 Å². The number of hydrogen-bond donors (Lipinski definition) is 1. The van der Waals surface area contributed by atoms with Crippen LogP contribution in [-0.2, 0) is 0 Å². The summed E-state index contributed by atoms with van der Waals surface area (Å²) in [6, 6.07) is 0. The van der Waals surface area contributed by atoms with Crippen molar-refractivity contribution in [2.75, 3.05) is 19.5 Å². The molecule has 2 aromatic rings. The van der Waals surface area contributed by atoms with Crippen LogP contribution in [0.25, 0.3) is 0 Å². The Labute approximate surface area is 101 Å². The number of rotatable bonds is 4. The largest absolute Gasteiger partial charge is 0.490 e. The van der Waals surface area contributed by atoms with Crippen LogP contribution in [0, 0.1) is 0 Å². The molecule has 2 heterocycles. The summed E-state index contributed by atoms with van der Waals surface area (Å²) in [5, 5.41) is 5.65. The van der Waals surface area contributed by atoms with E-state index in [4.69, 9.17) is 4.74 Å². The standard InChI is InChI=1S/C9H10N4OS2/c1-10-7-6(14-2)8(13-5-12-7)16-9-11-3-4-15-9/h3-5H,1-2H3,(H,10,12,13). The van der Waals surface area contributed by atoms with Crippen molar-refractivity contribution >= 4 is 28.9 Å². The zero-order valence-electron chi connectivity index (χ0n) is 8.80. The highest BCUT2D eigenvalue weighted by Gasteiger charge is 2.13. The molecule has 16 heavy (non-hydrogen) atoms. The Morgan fingerprint density at radius 3 is 2.88 bits per heavy atom. The van der Waals surface area contributed by atoms with Gasteiger partial charge >= 0.3 is 0 Å². The highest BCUT2D eigenvalue weighted by Crippen LogP contribution is 2.36. The summed E-state index contributed by atoms with van der Waals surface area (Å²) in [7, 11) is 3.40. The molecule has 0 aliphatic carbocycles. The smallest absolute Gasteiger partial charge is 0.194 e. The van der Waals surface area contributed by atoms with Crippen LogP contribution in [0.1, 0.15) is 0 Å². The minimum atomic E-state index is 0.644. The maximum atomic E-state index is 5.28. The first-order valence-corrected chi connectivity index (χ1v) is 6.19. The van der Waals surface area contributed by atoms with Crippen LogP contribution in [0.5, 0.6) is 5.75 Å². The molecule has 0 aliphatic heterocycles. The molecule has 0 aromatic carbocycles. The maximum absolute atomic E-state index is 5.28. The van der Waals surface area contributed by atoms with E-state index < -0.39 is 0 Å². The van der Waals surface area contributed by atoms with Crippen molar-refractivity contribution < 1.29 is 4.74 Å². The van der Waals surface area contributed by atoms with E-state index in [-0.39, 0.29) is 0 Å². The van der Waals surface area contributed by atoms with E-state index in [2.05, 4.69) is 20.3 Å². The molecule has 84 valence electrons. The van der Waals surface area contributed by atoms with Crippen molar-refractivity contribution in [3.63, 3.8) is 0 Å². The van der Waals surface area contributed by atoms with Gasteiger partial charge in [-0.3, -0.25) is 0 Å². The minimum Gasteiger partial charge on any atom is -0.490 e. The van der Waals surface area contributed by atoms with Gasteiger partial charge in [0.05, 0.1) is 7.11 Å². The van der Waals surface area contributed by atoms with Crippen molar-refractivity contribution in [3.8, 4) is 5.75 Å². The number of hydrogen-bond acceptors (Lipinski definition) is 7. The second-order valence-corrected chi connectivity index (χ2v) is 4.84. The SMILES string of the molecule is CNc1ncnc(Sc2nccs2)c1OC. The molecule has 0 fully saturated rings. The second kappa shape index (κ2) is 5.13. The summed E-state index contributed by atoms with van der Waals surface area (Å²) in [6.07, 6.45) is 3.27. The predicted molar refractivity (Wildman–Crippen MR) is 64.4 cm³/mol. The average Bonchev–Trinajstić information content (AvgIpc) is 2.81. The number of aromatic nitrogens is 3. The zero-order chi connectivity index (χ0) is 11.4. The predicted octanol–water partition coefficient (Wildman–Crippen LogP) is 2.13. The van der Waals surface area contributed by atoms with Gasteiger partial charge in [-0.25, -0.2) is 15.0 Å². The topological polar surface area (TPSA) is 59.9 Å². The summed E-state index contributed by atoms with van der Waals surface area (Å²) < 4.78 is 6.21. The molecule has 5 nitrogen and oxygen atoms in total. The van der Waals surface area contributed by atoms with Gasteiger partial charge in [-0.1, -0.05) is 0 Å². The van der Waals surface area contributed by atoms with Gasteiger partial charge in [-0.05, 0) is 11.8 Å². The summed E-state index contributed by atoms with van der Waals surface area (Å²) >= 11 is 3.03. The van der Waals surface area contributed by atoms with E-state index >= 15 is 0 Å². The Hall–Kier alpha value is -1.34. The van der Waals surface area contributed by atoms with Gasteiger partial charge in [0.1, 0.15) is 6.33 Å². The molecule has 0 spiro atoms. The fourth-order valence-corrected chi connectivity index (χ4v) is 2.74. The van der Waals surface area contributed by atoms with Crippen LogP contribution in [0.4, 0.5) is 5.82 Å². The summed E-state index contributed by atoms with van der Waals surface area (Å²) in [5.74, 6) is 1.32. The Balaban J connectivity index is 2.33. The molecule has 2 aromatic heterocycles. The third-order valence-corrected chi connectivity index (χ3v) is 3.67. The Bertz CT molecular complexity index is 461. The Kier molecular flexibility index (Phi) is 3.58. The molecule has 2 rings (SSSR count). The van der Waals surface area contributed by atoms with Gasteiger partial charge in [0.15, 0.2) is 20.9 Å². The van der Waals surface area contributed by atoms with Crippen LogP contribution in [0.15, 0.2) is 27.3 Å². The molecule has 0 atom stereocenters. The normalized spacial score (nSPS) is 10.1. The van der Waals surface area contributed by atoms with Crippen LogP contribution >= 0.6 is 23.1 Å². The summed E-state index contributed by atoms with van der Waals surface area (Å²) in [5.41, 5.74) is 0. The van der Waals surface area contributed by atoms with Gasteiger partial charge in [-0.2, -0.15) is 0 Å². The maximum Gasteiger partial charge on any atom is 0.194 e. The molecule has 7 heteroatoms. The van der Waals surface area contributed by atoms with Gasteiger partial charge in [0.25, 0.3) is 0 Å². The molecule has 0 saturated carbocycles. The van der Waals surface area contributed by atoms with E-state index in [0.29, 0.717) is 11.6 Å². The third-order valence-electron chi connectivity index (χ3n) is 1.81. The van der Waals surface area contributed by atoms with Crippen molar-refractivity contribution in [2.45, 2.75) is 9.37 Å². The lowest BCUT2D eigenvalue weighted by atomic mass is 10.5. The number of nitrogens with zero attached hydrogens (tertiary/aromatic N) is 3. The molecule has 0 unspecified atom stereocenters. The number of ether oxygens (including phenoxy) is 1. The van der Waals surface area contributed by atoms with Crippen LogP contribution < -0.4 is 10.1 Å². The lowest BCUT2D eigenvalue weighted by Gasteiger charge is -2.09. The van der Waals surface area contributed by atoms with Crippen LogP contribution in [0.3, 0.4) is 0 Å². The molecule has 0 radical (unpaired) electrons. The molecular weight excluding hydrogens is 244 g/mol. The zero-order valence-corrected chi connectivity index (χ0v) is 10.4. The second-order valence-electron chi connectivity index (χ2n) is 2.71. The first-order valence-electron chi connectivity index (χ1n) is 4.49. The number of nitrogens with one attached hydrogen (secondary N) is 1. The van der Waals surface area contributed by atoms with Crippen molar-refractivity contribution in [1.29, 1.82) is 0 Å². The minimum absolute atomic E-state index is 0.644. The number of thiazole rings is 1. The van der Waals surface area contributed by atoms with Gasteiger partial charge in [0.2, 0.25) is 0 Å². The monoisotopic (exact) mass is 254 g/mol. The van der Waals surface area contributed by atoms with E-state index in [0.717, 1.165) is 9.37 Å². The molecular formula is C9H10N4OS2. The average molecular weight is 254 g/mol. The highest BCUT2D eigenvalue weighted by molar-refractivity contribution is 8.01. The van der Waals surface area contributed by atoms with E-state index in [9.17, 15) is 0 Å². The summed E-state index contributed by atoms with van der Waals surface area (Å²) in [4.78, 5) is 12.5. The van der Waals surface area contributed by atoms with E-state index in [1.54, 1.807) is 31.7 Å². The van der Waals surface area contributed by atoms with Crippen molar-refractivity contribution in [2.24, 2.45) is 0 Å². The molecule has 0 bridgehead atoms. The van der Waals surface area contributed by atoms with Gasteiger partial charge < -0.3 is 10.1 Å². The highest BCUT2D eigenvalue weighted by atomic mass is 32.2. The molecule has 1 N–H and O–H groups in total. The van der Waals surface area contributed by atoms with Crippen molar-refractivity contribution in [1.82, 2.24) is 15.0 Å². The molecule has 0 aliphatic rings. The fraction of sp³-hybridized carbons (Fsp3) is 0.222. The fourth-order valence-electron chi connectivity index (χ4n) is 1.14. The Morgan fingerprint density at radius 2 is 2.25 bits per heavy atom. The van der Waals surface area contributed by atoms with E-state index in [1.165, 1.54) is 18.1 Å². The van der Waals surface area contributed by atoms with E-state index in [1.807, 2.05) is 5.38 Å².